The smallest absolute Gasteiger partial charge is 0.282 e. The first-order chi connectivity index (χ1) is 10.4. The van der Waals surface area contributed by atoms with Crippen molar-refractivity contribution in [1.82, 2.24) is 8.61 Å². The van der Waals surface area contributed by atoms with Crippen LogP contribution in [0, 0.1) is 0 Å². The fourth-order valence-corrected chi connectivity index (χ4v) is 4.84. The summed E-state index contributed by atoms with van der Waals surface area (Å²) in [5.74, 6) is 0. The highest BCUT2D eigenvalue weighted by atomic mass is 35.5. The summed E-state index contributed by atoms with van der Waals surface area (Å²) in [4.78, 5) is 0. The zero-order valence-corrected chi connectivity index (χ0v) is 15.7. The molecule has 0 saturated carbocycles. The van der Waals surface area contributed by atoms with Crippen LogP contribution in [0.4, 0.5) is 0 Å². The second kappa shape index (κ2) is 9.50. The summed E-state index contributed by atoms with van der Waals surface area (Å²) < 4.78 is 40.0. The van der Waals surface area contributed by atoms with Gasteiger partial charge in [0, 0.05) is 32.8 Å². The number of rotatable bonds is 6. The van der Waals surface area contributed by atoms with Gasteiger partial charge in [0.2, 0.25) is 0 Å². The quantitative estimate of drug-likeness (QED) is 0.691. The van der Waals surface area contributed by atoms with Crippen LogP contribution in [0.25, 0.3) is 0 Å². The predicted octanol–water partition coefficient (Wildman–Crippen LogP) is 0.592. The molecule has 2 saturated heterocycles. The highest BCUT2D eigenvalue weighted by Gasteiger charge is 2.37. The molecule has 9 heteroatoms. The molecule has 0 aromatic rings. The van der Waals surface area contributed by atoms with Crippen molar-refractivity contribution in [3.8, 4) is 0 Å². The van der Waals surface area contributed by atoms with Crippen LogP contribution in [-0.4, -0.2) is 74.7 Å². The third-order valence-electron chi connectivity index (χ3n) is 4.14. The number of halogens is 1. The average molecular weight is 372 g/mol. The molecule has 2 fully saturated rings. The van der Waals surface area contributed by atoms with Gasteiger partial charge in [-0.3, -0.25) is 0 Å². The number of ether oxygens (including phenoxy) is 2. The van der Waals surface area contributed by atoms with E-state index >= 15 is 0 Å². The van der Waals surface area contributed by atoms with E-state index in [4.69, 9.17) is 15.2 Å². The predicted molar refractivity (Wildman–Crippen MR) is 92.0 cm³/mol. The first-order valence-electron chi connectivity index (χ1n) is 8.16. The van der Waals surface area contributed by atoms with E-state index in [1.807, 2.05) is 13.8 Å². The zero-order valence-electron chi connectivity index (χ0n) is 14.0. The van der Waals surface area contributed by atoms with E-state index in [9.17, 15) is 8.42 Å². The summed E-state index contributed by atoms with van der Waals surface area (Å²) in [5, 5.41) is 0. The summed E-state index contributed by atoms with van der Waals surface area (Å²) in [6.45, 7) is 7.02. The molecule has 138 valence electrons. The molecule has 0 radical (unpaired) electrons. The molecular weight excluding hydrogens is 342 g/mol. The number of nitrogens with zero attached hydrogens (tertiary/aromatic N) is 2. The molecule has 2 heterocycles. The summed E-state index contributed by atoms with van der Waals surface area (Å²) in [6.07, 6.45) is 2.38. The molecule has 2 aliphatic heterocycles. The average Bonchev–Trinajstić information content (AvgIpc) is 2.47. The maximum absolute atomic E-state index is 12.7. The molecule has 7 nitrogen and oxygen atoms in total. The van der Waals surface area contributed by atoms with Crippen molar-refractivity contribution in [3.05, 3.63) is 0 Å². The Labute approximate surface area is 146 Å². The Morgan fingerprint density at radius 3 is 2.22 bits per heavy atom. The van der Waals surface area contributed by atoms with Crippen LogP contribution >= 0.6 is 12.4 Å². The van der Waals surface area contributed by atoms with Gasteiger partial charge in [0.05, 0.1) is 18.3 Å². The Hall–Kier alpha value is 0.0400. The van der Waals surface area contributed by atoms with Crippen LogP contribution in [0.3, 0.4) is 0 Å². The Kier molecular flexibility index (Phi) is 8.71. The summed E-state index contributed by atoms with van der Waals surface area (Å²) in [7, 11) is -3.39. The minimum absolute atomic E-state index is 0. The van der Waals surface area contributed by atoms with Gasteiger partial charge in [0.1, 0.15) is 0 Å². The van der Waals surface area contributed by atoms with Crippen LogP contribution in [-0.2, 0) is 19.7 Å². The van der Waals surface area contributed by atoms with Gasteiger partial charge in [-0.1, -0.05) is 0 Å². The maximum Gasteiger partial charge on any atom is 0.282 e. The molecular formula is C14H30ClN3O4S. The van der Waals surface area contributed by atoms with Crippen LogP contribution < -0.4 is 5.73 Å². The van der Waals surface area contributed by atoms with E-state index in [1.165, 1.54) is 0 Å². The fraction of sp³-hybridized carbons (Fsp3) is 1.00. The normalized spacial score (nSPS) is 28.5. The van der Waals surface area contributed by atoms with Gasteiger partial charge in [-0.05, 0) is 39.7 Å². The number of hydrogen-bond acceptors (Lipinski definition) is 5. The maximum atomic E-state index is 12.7. The van der Waals surface area contributed by atoms with Crippen molar-refractivity contribution in [3.63, 3.8) is 0 Å². The van der Waals surface area contributed by atoms with Crippen LogP contribution in [0.5, 0.6) is 0 Å². The standard InChI is InChI=1S/C14H29N3O4S.ClH/c1-12-10-17(11-13(2)21-12)22(18,19)16-7-4-14(5-8-16)20-9-3-6-15;/h12-14H,3-11,15H2,1-2H3;1H. The summed E-state index contributed by atoms with van der Waals surface area (Å²) in [5.41, 5.74) is 5.44. The molecule has 2 aliphatic rings. The van der Waals surface area contributed by atoms with Crippen molar-refractivity contribution >= 4 is 22.6 Å². The zero-order chi connectivity index (χ0) is 16.2. The first kappa shape index (κ1) is 21.1. The number of nitrogens with two attached hydrogens (primary N) is 1. The van der Waals surface area contributed by atoms with E-state index < -0.39 is 10.2 Å². The Morgan fingerprint density at radius 1 is 1.13 bits per heavy atom. The summed E-state index contributed by atoms with van der Waals surface area (Å²) in [6, 6.07) is 0. The molecule has 0 spiro atoms. The van der Waals surface area contributed by atoms with Crippen molar-refractivity contribution in [1.29, 1.82) is 0 Å². The lowest BCUT2D eigenvalue weighted by Crippen LogP contribution is -2.54. The molecule has 2 atom stereocenters. The van der Waals surface area contributed by atoms with E-state index in [2.05, 4.69) is 0 Å². The lowest BCUT2D eigenvalue weighted by molar-refractivity contribution is -0.0462. The second-order valence-corrected chi connectivity index (χ2v) is 8.12. The van der Waals surface area contributed by atoms with Crippen LogP contribution in [0.15, 0.2) is 0 Å². The molecule has 0 aromatic carbocycles. The number of piperidine rings is 1. The largest absolute Gasteiger partial charge is 0.378 e. The van der Waals surface area contributed by atoms with Gasteiger partial charge >= 0.3 is 0 Å². The molecule has 2 unspecified atom stereocenters. The van der Waals surface area contributed by atoms with E-state index in [1.54, 1.807) is 8.61 Å². The van der Waals surface area contributed by atoms with Gasteiger partial charge in [-0.15, -0.1) is 12.4 Å². The van der Waals surface area contributed by atoms with Gasteiger partial charge < -0.3 is 15.2 Å². The van der Waals surface area contributed by atoms with E-state index in [-0.39, 0.29) is 30.7 Å². The minimum atomic E-state index is -3.39. The first-order valence-corrected chi connectivity index (χ1v) is 9.55. The summed E-state index contributed by atoms with van der Waals surface area (Å²) >= 11 is 0. The van der Waals surface area contributed by atoms with E-state index in [0.717, 1.165) is 19.3 Å². The molecule has 2 N–H and O–H groups in total. The lowest BCUT2D eigenvalue weighted by Gasteiger charge is -2.39. The van der Waals surface area contributed by atoms with Crippen molar-refractivity contribution in [2.24, 2.45) is 5.73 Å². The third-order valence-corrected chi connectivity index (χ3v) is 6.11. The van der Waals surface area contributed by atoms with Crippen molar-refractivity contribution in [2.45, 2.75) is 51.4 Å². The molecule has 0 amide bonds. The lowest BCUT2D eigenvalue weighted by atomic mass is 10.1. The third kappa shape index (κ3) is 5.81. The molecule has 0 aliphatic carbocycles. The Balaban J connectivity index is 0.00000264. The second-order valence-electron chi connectivity index (χ2n) is 6.19. The van der Waals surface area contributed by atoms with Gasteiger partial charge in [-0.25, -0.2) is 0 Å². The van der Waals surface area contributed by atoms with Crippen LogP contribution in [0.2, 0.25) is 0 Å². The van der Waals surface area contributed by atoms with Crippen molar-refractivity contribution in [2.75, 3.05) is 39.3 Å². The van der Waals surface area contributed by atoms with Gasteiger partial charge in [-0.2, -0.15) is 17.0 Å². The Bertz CT molecular complexity index is 433. The SMILES string of the molecule is CC1CN(S(=O)(=O)N2CCC(OCCCN)CC2)CC(C)O1.Cl. The molecule has 0 aromatic heterocycles. The minimum Gasteiger partial charge on any atom is -0.378 e. The molecule has 0 bridgehead atoms. The van der Waals surface area contributed by atoms with Gasteiger partial charge in [0.25, 0.3) is 10.2 Å². The number of hydrogen-bond donors (Lipinski definition) is 1. The molecule has 2 rings (SSSR count). The van der Waals surface area contributed by atoms with E-state index in [0.29, 0.717) is 39.3 Å². The number of morpholine rings is 1. The van der Waals surface area contributed by atoms with Gasteiger partial charge in [0.15, 0.2) is 0 Å². The topological polar surface area (TPSA) is 85.1 Å². The van der Waals surface area contributed by atoms with Crippen LogP contribution in [0.1, 0.15) is 33.1 Å². The monoisotopic (exact) mass is 371 g/mol. The highest BCUT2D eigenvalue weighted by Crippen LogP contribution is 2.22. The fourth-order valence-electron chi connectivity index (χ4n) is 3.05. The van der Waals surface area contributed by atoms with Crippen molar-refractivity contribution < 1.29 is 17.9 Å². The molecule has 23 heavy (non-hydrogen) atoms. The Morgan fingerprint density at radius 2 is 1.70 bits per heavy atom. The highest BCUT2D eigenvalue weighted by molar-refractivity contribution is 7.86.